The average molecular weight is 635 g/mol. The third-order valence-corrected chi connectivity index (χ3v) is 9.10. The zero-order valence-electron chi connectivity index (χ0n) is 27.0. The molecule has 0 bridgehead atoms. The number of ether oxygens (including phenoxy) is 3. The zero-order chi connectivity index (χ0) is 33.5. The number of benzene rings is 4. The fourth-order valence-corrected chi connectivity index (χ4v) is 6.07. The number of rotatable bonds is 8. The summed E-state index contributed by atoms with van der Waals surface area (Å²) in [5.41, 5.74) is 3.48. The first-order chi connectivity index (χ1) is 22.5. The summed E-state index contributed by atoms with van der Waals surface area (Å²) in [6.45, 7) is 7.47. The highest BCUT2D eigenvalue weighted by Gasteiger charge is 2.48. The molecule has 242 valence electrons. The van der Waals surface area contributed by atoms with Gasteiger partial charge in [-0.1, -0.05) is 67.1 Å². The van der Waals surface area contributed by atoms with E-state index in [9.17, 15) is 19.8 Å². The molecule has 2 N–H and O–H groups in total. The zero-order valence-corrected chi connectivity index (χ0v) is 27.0. The van der Waals surface area contributed by atoms with Crippen LogP contribution in [0.15, 0.2) is 100 Å². The summed E-state index contributed by atoms with van der Waals surface area (Å²) in [5.74, 6) is 0.366. The molecule has 4 atom stereocenters. The van der Waals surface area contributed by atoms with Crippen LogP contribution >= 0.6 is 0 Å². The smallest absolute Gasteiger partial charge is 0.339 e. The first-order valence-electron chi connectivity index (χ1n) is 15.6. The molecule has 2 heterocycles. The van der Waals surface area contributed by atoms with Crippen LogP contribution in [0.2, 0.25) is 0 Å². The maximum Gasteiger partial charge on any atom is 0.339 e. The van der Waals surface area contributed by atoms with E-state index in [4.69, 9.17) is 18.6 Å². The van der Waals surface area contributed by atoms with Crippen molar-refractivity contribution in [3.05, 3.63) is 118 Å². The van der Waals surface area contributed by atoms with Crippen molar-refractivity contribution in [3.63, 3.8) is 0 Å². The third kappa shape index (κ3) is 6.32. The summed E-state index contributed by atoms with van der Waals surface area (Å²) in [6.07, 6.45) is -3.71. The monoisotopic (exact) mass is 634 g/mol. The minimum Gasteiger partial charge on any atom is -0.496 e. The van der Waals surface area contributed by atoms with Gasteiger partial charge in [0.2, 0.25) is 6.29 Å². The molecule has 0 amide bonds. The van der Waals surface area contributed by atoms with E-state index in [-0.39, 0.29) is 29.3 Å². The van der Waals surface area contributed by atoms with Crippen LogP contribution in [0.25, 0.3) is 33.2 Å². The Bertz CT molecular complexity index is 1990. The van der Waals surface area contributed by atoms with Crippen LogP contribution < -0.4 is 15.1 Å². The van der Waals surface area contributed by atoms with Crippen LogP contribution in [-0.2, 0) is 11.2 Å². The van der Waals surface area contributed by atoms with E-state index in [0.29, 0.717) is 33.6 Å². The SMILES string of the molecule is COc1ccc(C(=O)Cc2cc3ccc(OC4OC(C)(C)[C@H](C)[C@H](O)[C@@H]4O)c(-c4ccccc4)c3oc2=O)cc1-c1cccc(C)c1. The number of carbonyl (C=O) groups is 1. The van der Waals surface area contributed by atoms with Gasteiger partial charge < -0.3 is 28.8 Å². The highest BCUT2D eigenvalue weighted by atomic mass is 16.7. The van der Waals surface area contributed by atoms with Gasteiger partial charge in [-0.3, -0.25) is 4.79 Å². The lowest BCUT2D eigenvalue weighted by Crippen LogP contribution is -2.59. The number of ketones is 1. The second-order valence-electron chi connectivity index (χ2n) is 12.6. The summed E-state index contributed by atoms with van der Waals surface area (Å²) >= 11 is 0. The van der Waals surface area contributed by atoms with Gasteiger partial charge in [0.25, 0.3) is 0 Å². The van der Waals surface area contributed by atoms with Crippen LogP contribution in [0.3, 0.4) is 0 Å². The van der Waals surface area contributed by atoms with Crippen molar-refractivity contribution in [2.45, 2.75) is 58.2 Å². The largest absolute Gasteiger partial charge is 0.496 e. The van der Waals surface area contributed by atoms with Crippen molar-refractivity contribution in [3.8, 4) is 33.8 Å². The average Bonchev–Trinajstić information content (AvgIpc) is 3.06. The molecule has 1 aliphatic rings. The fraction of sp³-hybridized carbons (Fsp3) is 0.282. The molecule has 0 spiro atoms. The summed E-state index contributed by atoms with van der Waals surface area (Å²) in [7, 11) is 1.59. The fourth-order valence-electron chi connectivity index (χ4n) is 6.07. The van der Waals surface area contributed by atoms with Gasteiger partial charge in [-0.05, 0) is 68.3 Å². The number of aliphatic hydroxyl groups excluding tert-OH is 2. The second kappa shape index (κ2) is 12.8. The lowest BCUT2D eigenvalue weighted by molar-refractivity contribution is -0.284. The van der Waals surface area contributed by atoms with Crippen molar-refractivity contribution in [1.29, 1.82) is 0 Å². The molecule has 1 aromatic heterocycles. The summed E-state index contributed by atoms with van der Waals surface area (Å²) in [6, 6.07) is 27.6. The van der Waals surface area contributed by atoms with Crippen molar-refractivity contribution < 1.29 is 33.6 Å². The minimum atomic E-state index is -1.30. The molecule has 1 aliphatic heterocycles. The predicted octanol–water partition coefficient (Wildman–Crippen LogP) is 6.74. The van der Waals surface area contributed by atoms with Gasteiger partial charge in [-0.15, -0.1) is 0 Å². The van der Waals surface area contributed by atoms with Gasteiger partial charge in [0.1, 0.15) is 23.2 Å². The quantitative estimate of drug-likeness (QED) is 0.142. The topological polar surface area (TPSA) is 115 Å². The molecule has 4 aromatic carbocycles. The maximum atomic E-state index is 13.5. The number of aryl methyl sites for hydroxylation is 1. The molecule has 8 heteroatoms. The van der Waals surface area contributed by atoms with Gasteiger partial charge in [-0.25, -0.2) is 4.79 Å². The van der Waals surface area contributed by atoms with Crippen molar-refractivity contribution in [2.75, 3.05) is 7.11 Å². The van der Waals surface area contributed by atoms with Crippen molar-refractivity contribution >= 4 is 16.8 Å². The minimum absolute atomic E-state index is 0.163. The molecule has 1 saturated heterocycles. The molecule has 1 fully saturated rings. The Morgan fingerprint density at radius 2 is 1.60 bits per heavy atom. The molecule has 47 heavy (non-hydrogen) atoms. The maximum absolute atomic E-state index is 13.5. The van der Waals surface area contributed by atoms with Gasteiger partial charge in [-0.2, -0.15) is 0 Å². The summed E-state index contributed by atoms with van der Waals surface area (Å²) in [4.78, 5) is 27.0. The predicted molar refractivity (Wildman–Crippen MR) is 180 cm³/mol. The first-order valence-corrected chi connectivity index (χ1v) is 15.6. The standard InChI is InChI=1S/C39H38O8/c1-22-10-9-13-25(18-22)29-20-26(14-16-31(29)44-5)30(40)21-28-19-27-15-17-32(45-38-35(42)34(41)23(2)39(3,4)47-38)33(36(27)46-37(28)43)24-11-7-6-8-12-24/h6-20,23,34-35,38,41-42H,21H2,1-5H3/t23-,34+,35+,38?/m1/s1. The van der Waals surface area contributed by atoms with Crippen LogP contribution in [0.5, 0.6) is 11.5 Å². The first kappa shape index (κ1) is 32.2. The van der Waals surface area contributed by atoms with Gasteiger partial charge >= 0.3 is 5.63 Å². The van der Waals surface area contributed by atoms with Crippen molar-refractivity contribution in [1.82, 2.24) is 0 Å². The van der Waals surface area contributed by atoms with E-state index in [0.717, 1.165) is 16.7 Å². The van der Waals surface area contributed by atoms with Crippen molar-refractivity contribution in [2.24, 2.45) is 5.92 Å². The Hall–Kier alpha value is -4.76. The lowest BCUT2D eigenvalue weighted by atomic mass is 9.82. The summed E-state index contributed by atoms with van der Waals surface area (Å²) in [5, 5.41) is 22.2. The number of hydrogen-bond donors (Lipinski definition) is 2. The van der Waals surface area contributed by atoms with E-state index in [2.05, 4.69) is 0 Å². The number of methoxy groups -OCH3 is 1. The number of carbonyl (C=O) groups excluding carboxylic acids is 1. The van der Waals surface area contributed by atoms with E-state index in [1.54, 1.807) is 43.5 Å². The van der Waals surface area contributed by atoms with Crippen LogP contribution in [-0.4, -0.2) is 47.2 Å². The molecule has 5 aromatic rings. The van der Waals surface area contributed by atoms with E-state index >= 15 is 0 Å². The van der Waals surface area contributed by atoms with E-state index in [1.807, 2.05) is 82.3 Å². The number of hydrogen-bond acceptors (Lipinski definition) is 8. The van der Waals surface area contributed by atoms with Crippen LogP contribution in [0, 0.1) is 12.8 Å². The number of fused-ring (bicyclic) bond motifs is 1. The molecular formula is C39H38O8. The van der Waals surface area contributed by atoms with E-state index < -0.39 is 29.7 Å². The molecule has 8 nitrogen and oxygen atoms in total. The number of Topliss-reactive ketones (excluding diaryl/α,β-unsaturated/α-hetero) is 1. The Labute approximate surface area is 273 Å². The molecule has 6 rings (SSSR count). The molecule has 1 unspecified atom stereocenters. The lowest BCUT2D eigenvalue weighted by Gasteiger charge is -2.46. The van der Waals surface area contributed by atoms with E-state index in [1.165, 1.54) is 0 Å². The molecule has 0 radical (unpaired) electrons. The third-order valence-electron chi connectivity index (χ3n) is 9.10. The van der Waals surface area contributed by atoms with Gasteiger partial charge in [0, 0.05) is 34.4 Å². The number of aliphatic hydroxyl groups is 2. The Kier molecular flexibility index (Phi) is 8.76. The second-order valence-corrected chi connectivity index (χ2v) is 12.6. The Balaban J connectivity index is 1.36. The van der Waals surface area contributed by atoms with Gasteiger partial charge in [0.05, 0.1) is 24.4 Å². The van der Waals surface area contributed by atoms with Gasteiger partial charge in [0.15, 0.2) is 5.78 Å². The normalized spacial score (nSPS) is 20.6. The Morgan fingerprint density at radius 3 is 2.32 bits per heavy atom. The molecular weight excluding hydrogens is 596 g/mol. The molecule has 0 saturated carbocycles. The Morgan fingerprint density at radius 1 is 0.872 bits per heavy atom. The summed E-state index contributed by atoms with van der Waals surface area (Å²) < 4.78 is 23.8. The highest BCUT2D eigenvalue weighted by molar-refractivity contribution is 6.00. The van der Waals surface area contributed by atoms with Crippen LogP contribution in [0.1, 0.15) is 42.3 Å². The highest BCUT2D eigenvalue weighted by Crippen LogP contribution is 2.41. The molecule has 0 aliphatic carbocycles. The van der Waals surface area contributed by atoms with Crippen LogP contribution in [0.4, 0.5) is 0 Å².